The van der Waals surface area contributed by atoms with E-state index in [4.69, 9.17) is 28.5 Å². The van der Waals surface area contributed by atoms with Crippen molar-refractivity contribution in [2.45, 2.75) is 82.0 Å². The Kier molecular flexibility index (Phi) is 15.2. The Bertz CT molecular complexity index is 1900. The number of rotatable bonds is 23. The van der Waals surface area contributed by atoms with E-state index in [1.165, 1.54) is 0 Å². The van der Waals surface area contributed by atoms with Gasteiger partial charge in [-0.1, -0.05) is 61.4 Å². The van der Waals surface area contributed by atoms with Crippen LogP contribution in [0.2, 0.25) is 0 Å². The second kappa shape index (κ2) is 20.9. The van der Waals surface area contributed by atoms with Crippen LogP contribution in [0.25, 0.3) is 0 Å². The number of imide groups is 1. The molecule has 14 heteroatoms. The molecule has 14 nitrogen and oxygen atoms in total. The first-order valence-electron chi connectivity index (χ1n) is 22.2. The summed E-state index contributed by atoms with van der Waals surface area (Å²) >= 11 is 0. The van der Waals surface area contributed by atoms with Crippen molar-refractivity contribution in [3.63, 3.8) is 0 Å². The predicted molar refractivity (Wildman–Crippen MR) is 233 cm³/mol. The summed E-state index contributed by atoms with van der Waals surface area (Å²) in [6, 6.07) is 23.5. The second-order valence-corrected chi connectivity index (χ2v) is 17.0. The molecule has 0 spiro atoms. The normalized spacial score (nSPS) is 21.1. The zero-order valence-corrected chi connectivity index (χ0v) is 36.6. The summed E-state index contributed by atoms with van der Waals surface area (Å²) in [6.07, 6.45) is 9.34. The number of aliphatic hydroxyl groups excluding tert-OH is 1. The van der Waals surface area contributed by atoms with E-state index in [1.807, 2.05) is 89.8 Å². The number of piperidine rings is 1. The van der Waals surface area contributed by atoms with Crippen LogP contribution in [0.5, 0.6) is 17.2 Å². The van der Waals surface area contributed by atoms with Crippen LogP contribution in [0.15, 0.2) is 84.9 Å². The fraction of sp³-hybridized carbons (Fsp3) is 0.510. The number of amides is 4. The smallest absolute Gasteiger partial charge is 0.260 e. The van der Waals surface area contributed by atoms with Crippen LogP contribution in [-0.2, 0) is 39.1 Å². The SMILES string of the molecule is COc1ccc(C(OCC2(CO)CCN(C(=O)CCCCCNC(=O)CCCCCON3C(=O)C4C5C=CC(O5)C4C3=O)CC2)(c2ccc(OC)cc2)c2ccc(OC)cc2)cc1. The summed E-state index contributed by atoms with van der Waals surface area (Å²) in [5.41, 5.74) is 1.02. The molecule has 3 fully saturated rings. The van der Waals surface area contributed by atoms with Gasteiger partial charge in [-0.05, 0) is 91.6 Å². The number of unbranched alkanes of at least 4 members (excludes halogenated alkanes) is 4. The van der Waals surface area contributed by atoms with E-state index in [-0.39, 0.29) is 55.7 Å². The van der Waals surface area contributed by atoms with Crippen molar-refractivity contribution in [1.29, 1.82) is 0 Å². The first kappa shape index (κ1) is 45.7. The number of fused-ring (bicyclic) bond motifs is 5. The Morgan fingerprint density at radius 3 is 1.70 bits per heavy atom. The quantitative estimate of drug-likeness (QED) is 0.0519. The molecular formula is C49H61N3O11. The van der Waals surface area contributed by atoms with Crippen molar-refractivity contribution in [1.82, 2.24) is 15.3 Å². The highest BCUT2D eigenvalue weighted by atomic mass is 16.7. The van der Waals surface area contributed by atoms with Gasteiger partial charge in [0.15, 0.2) is 0 Å². The van der Waals surface area contributed by atoms with E-state index < -0.39 is 22.9 Å². The third kappa shape index (κ3) is 10.1. The fourth-order valence-electron chi connectivity index (χ4n) is 9.24. The van der Waals surface area contributed by atoms with Gasteiger partial charge < -0.3 is 39.0 Å². The molecule has 3 saturated heterocycles. The fourth-order valence-corrected chi connectivity index (χ4v) is 9.24. The van der Waals surface area contributed by atoms with Crippen LogP contribution in [0.1, 0.15) is 80.9 Å². The number of carbonyl (C=O) groups excluding carboxylic acids is 4. The molecular weight excluding hydrogens is 807 g/mol. The first-order valence-corrected chi connectivity index (χ1v) is 22.2. The van der Waals surface area contributed by atoms with Gasteiger partial charge in [-0.15, -0.1) is 0 Å². The van der Waals surface area contributed by atoms with Crippen LogP contribution < -0.4 is 19.5 Å². The molecule has 0 aromatic heterocycles. The molecule has 0 saturated carbocycles. The van der Waals surface area contributed by atoms with Crippen molar-refractivity contribution in [2.24, 2.45) is 17.3 Å². The number of methoxy groups -OCH3 is 3. The average molecular weight is 868 g/mol. The van der Waals surface area contributed by atoms with E-state index in [0.29, 0.717) is 58.2 Å². The second-order valence-electron chi connectivity index (χ2n) is 17.0. The van der Waals surface area contributed by atoms with Gasteiger partial charge in [0, 0.05) is 37.9 Å². The van der Waals surface area contributed by atoms with Crippen LogP contribution in [-0.4, -0.2) is 112 Å². The standard InChI is InChI=1S/C49H61N3O11/c1-58-37-18-12-34(13-19-37)49(35-14-20-38(59-2)21-15-35,36-16-22-39(60-3)23-17-36)61-33-48(32-53)26-29-51(30-27-48)43(55)11-7-4-8-28-50-42(54)10-6-5-9-31-62-52-46(56)44-40-24-25-41(63-40)45(44)47(52)57/h12-25,40-41,44-45,53H,4-11,26-33H2,1-3H3,(H,50,54). The summed E-state index contributed by atoms with van der Waals surface area (Å²) in [5, 5.41) is 14.8. The maximum Gasteiger partial charge on any atom is 0.260 e. The lowest BCUT2D eigenvalue weighted by Gasteiger charge is -2.44. The monoisotopic (exact) mass is 867 g/mol. The lowest BCUT2D eigenvalue weighted by atomic mass is 9.77. The number of aliphatic hydroxyl groups is 1. The third-order valence-electron chi connectivity index (χ3n) is 13.1. The minimum absolute atomic E-state index is 0.0217. The van der Waals surface area contributed by atoms with Crippen molar-refractivity contribution in [3.05, 3.63) is 102 Å². The average Bonchev–Trinajstić information content (AvgIpc) is 4.02. The van der Waals surface area contributed by atoms with Crippen LogP contribution in [0, 0.1) is 17.3 Å². The molecule has 3 aromatic carbocycles. The maximum absolute atomic E-state index is 13.3. The molecule has 4 unspecified atom stereocenters. The maximum atomic E-state index is 13.3. The molecule has 3 aromatic rings. The Hall–Kier alpha value is -5.28. The highest BCUT2D eigenvalue weighted by Gasteiger charge is 2.61. The number of carbonyl (C=O) groups is 4. The molecule has 0 aliphatic carbocycles. The molecule has 0 radical (unpaired) electrons. The van der Waals surface area contributed by atoms with Crippen LogP contribution >= 0.6 is 0 Å². The number of hydroxylamine groups is 2. The van der Waals surface area contributed by atoms with Gasteiger partial charge >= 0.3 is 0 Å². The highest BCUT2D eigenvalue weighted by Crippen LogP contribution is 2.46. The van der Waals surface area contributed by atoms with Crippen LogP contribution in [0.3, 0.4) is 0 Å². The Morgan fingerprint density at radius 2 is 1.21 bits per heavy atom. The van der Waals surface area contributed by atoms with Gasteiger partial charge in [-0.3, -0.25) is 24.0 Å². The number of ether oxygens (including phenoxy) is 5. The lowest BCUT2D eigenvalue weighted by molar-refractivity contribution is -0.192. The molecule has 63 heavy (non-hydrogen) atoms. The highest BCUT2D eigenvalue weighted by molar-refractivity contribution is 6.05. The molecule has 4 aliphatic rings. The molecule has 4 amide bonds. The van der Waals surface area contributed by atoms with Crippen molar-refractivity contribution < 1.29 is 52.8 Å². The van der Waals surface area contributed by atoms with Gasteiger partial charge in [0.25, 0.3) is 11.8 Å². The number of nitrogens with zero attached hydrogens (tertiary/aromatic N) is 2. The van der Waals surface area contributed by atoms with Crippen LogP contribution in [0.4, 0.5) is 0 Å². The summed E-state index contributed by atoms with van der Waals surface area (Å²) in [5.74, 6) is 0.615. The molecule has 2 bridgehead atoms. The van der Waals surface area contributed by atoms with E-state index in [2.05, 4.69) is 5.32 Å². The molecule has 4 atom stereocenters. The van der Waals surface area contributed by atoms with Crippen molar-refractivity contribution in [3.8, 4) is 17.2 Å². The van der Waals surface area contributed by atoms with Gasteiger partial charge in [0.1, 0.15) is 22.8 Å². The third-order valence-corrected chi connectivity index (χ3v) is 13.1. The number of hydrogen-bond donors (Lipinski definition) is 2. The van der Waals surface area contributed by atoms with Gasteiger partial charge in [-0.2, -0.15) is 5.06 Å². The van der Waals surface area contributed by atoms with Gasteiger partial charge in [0.2, 0.25) is 11.8 Å². The predicted octanol–water partition coefficient (Wildman–Crippen LogP) is 5.73. The summed E-state index contributed by atoms with van der Waals surface area (Å²) < 4.78 is 29.3. The van der Waals surface area contributed by atoms with E-state index in [1.54, 1.807) is 21.3 Å². The molecule has 4 heterocycles. The number of likely N-dealkylation sites (tertiary alicyclic amines) is 1. The largest absolute Gasteiger partial charge is 0.497 e. The summed E-state index contributed by atoms with van der Waals surface area (Å²) in [7, 11) is 4.90. The van der Waals surface area contributed by atoms with Crippen molar-refractivity contribution in [2.75, 3.05) is 60.8 Å². The number of benzene rings is 3. The number of nitrogens with one attached hydrogen (secondary N) is 1. The minimum Gasteiger partial charge on any atom is -0.497 e. The Balaban J connectivity index is 0.831. The van der Waals surface area contributed by atoms with E-state index >= 15 is 0 Å². The minimum atomic E-state index is -1.07. The number of hydrogen-bond acceptors (Lipinski definition) is 11. The van der Waals surface area contributed by atoms with Gasteiger partial charge in [0.05, 0.1) is 65.2 Å². The molecule has 2 N–H and O–H groups in total. The zero-order valence-electron chi connectivity index (χ0n) is 36.6. The summed E-state index contributed by atoms with van der Waals surface area (Å²) in [6.45, 7) is 1.99. The zero-order chi connectivity index (χ0) is 44.4. The molecule has 338 valence electrons. The lowest BCUT2D eigenvalue weighted by Crippen LogP contribution is -2.48. The Labute approximate surface area is 369 Å². The molecule has 4 aliphatic heterocycles. The van der Waals surface area contributed by atoms with E-state index in [9.17, 15) is 24.3 Å². The summed E-state index contributed by atoms with van der Waals surface area (Å²) in [4.78, 5) is 58.5. The molecule has 7 rings (SSSR count). The Morgan fingerprint density at radius 1 is 0.714 bits per heavy atom. The van der Waals surface area contributed by atoms with Gasteiger partial charge in [-0.25, -0.2) is 0 Å². The van der Waals surface area contributed by atoms with Crippen molar-refractivity contribution >= 4 is 23.6 Å². The van der Waals surface area contributed by atoms with E-state index in [0.717, 1.165) is 64.7 Å². The topological polar surface area (TPSA) is 162 Å². The first-order chi connectivity index (χ1) is 30.6.